The van der Waals surface area contributed by atoms with Gasteiger partial charge in [-0.2, -0.15) is 0 Å². The van der Waals surface area contributed by atoms with Crippen LogP contribution in [0.2, 0.25) is 0 Å². The molecule has 0 saturated carbocycles. The fourth-order valence-corrected chi connectivity index (χ4v) is 5.57. The van der Waals surface area contributed by atoms with Gasteiger partial charge in [-0.25, -0.2) is 0 Å². The molecule has 4 aromatic carbocycles. The van der Waals surface area contributed by atoms with Crippen molar-refractivity contribution in [3.05, 3.63) is 150 Å². The summed E-state index contributed by atoms with van der Waals surface area (Å²) in [5.74, 6) is 1.56. The molecule has 0 saturated heterocycles. The second kappa shape index (κ2) is 9.37. The van der Waals surface area contributed by atoms with E-state index in [9.17, 15) is 0 Å². The number of aromatic nitrogens is 1. The maximum absolute atomic E-state index is 6.95. The van der Waals surface area contributed by atoms with Gasteiger partial charge in [0.1, 0.15) is 17.1 Å². The van der Waals surface area contributed by atoms with Crippen molar-refractivity contribution in [2.75, 3.05) is 16.3 Å². The molecule has 7 rings (SSSR count). The monoisotopic (exact) mass is 509 g/mol. The average molecular weight is 510 g/mol. The van der Waals surface area contributed by atoms with Gasteiger partial charge in [0.15, 0.2) is 5.76 Å². The highest BCUT2D eigenvalue weighted by atomic mass is 16.5. The molecular formula is C34H27N3O2. The highest BCUT2D eigenvalue weighted by Crippen LogP contribution is 2.54. The van der Waals surface area contributed by atoms with Gasteiger partial charge in [-0.05, 0) is 36.3 Å². The minimum Gasteiger partial charge on any atom is -0.459 e. The van der Waals surface area contributed by atoms with Crippen LogP contribution in [0.25, 0.3) is 17.8 Å². The summed E-state index contributed by atoms with van der Waals surface area (Å²) >= 11 is 0. The second-order valence-electron chi connectivity index (χ2n) is 9.79. The molecule has 0 spiro atoms. The zero-order valence-corrected chi connectivity index (χ0v) is 21.6. The van der Waals surface area contributed by atoms with Crippen molar-refractivity contribution >= 4 is 29.2 Å². The van der Waals surface area contributed by atoms with Gasteiger partial charge in [-0.3, -0.25) is 4.90 Å². The number of rotatable bonds is 5. The van der Waals surface area contributed by atoms with Gasteiger partial charge in [-0.15, -0.1) is 0 Å². The van der Waals surface area contributed by atoms with E-state index in [0.29, 0.717) is 12.3 Å². The molecule has 1 aromatic heterocycles. The molecule has 3 heterocycles. The van der Waals surface area contributed by atoms with Gasteiger partial charge in [0, 0.05) is 11.8 Å². The number of ether oxygens (including phenoxy) is 1. The number of benzene rings is 4. The zero-order valence-electron chi connectivity index (χ0n) is 21.6. The van der Waals surface area contributed by atoms with Crippen LogP contribution in [0.4, 0.5) is 11.4 Å². The van der Waals surface area contributed by atoms with E-state index in [-0.39, 0.29) is 0 Å². The normalized spacial score (nSPS) is 18.0. The Labute approximate surface area is 227 Å². The lowest BCUT2D eigenvalue weighted by molar-refractivity contribution is 0.103. The summed E-state index contributed by atoms with van der Waals surface area (Å²) in [7, 11) is 0. The summed E-state index contributed by atoms with van der Waals surface area (Å²) in [6.45, 7) is 2.52. The molecule has 5 aromatic rings. The minimum absolute atomic E-state index is 0.538. The van der Waals surface area contributed by atoms with E-state index < -0.39 is 5.72 Å². The maximum atomic E-state index is 6.95. The van der Waals surface area contributed by atoms with E-state index in [0.717, 1.165) is 45.2 Å². The van der Waals surface area contributed by atoms with Crippen LogP contribution >= 0.6 is 0 Å². The summed E-state index contributed by atoms with van der Waals surface area (Å²) in [5.41, 5.74) is 6.29. The third-order valence-electron chi connectivity index (χ3n) is 7.32. The first-order valence-electron chi connectivity index (χ1n) is 13.1. The summed E-state index contributed by atoms with van der Waals surface area (Å²) < 4.78 is 12.8. The van der Waals surface area contributed by atoms with E-state index in [1.807, 2.05) is 55.5 Å². The molecule has 1 unspecified atom stereocenters. The van der Waals surface area contributed by atoms with Crippen LogP contribution in [0.1, 0.15) is 28.1 Å². The van der Waals surface area contributed by atoms with Crippen LogP contribution in [-0.4, -0.2) is 11.7 Å². The third-order valence-corrected chi connectivity index (χ3v) is 7.32. The van der Waals surface area contributed by atoms with Crippen LogP contribution < -0.4 is 14.5 Å². The Morgan fingerprint density at radius 1 is 0.769 bits per heavy atom. The van der Waals surface area contributed by atoms with Crippen molar-refractivity contribution in [1.82, 2.24) is 5.16 Å². The molecule has 190 valence electrons. The molecule has 0 fully saturated rings. The van der Waals surface area contributed by atoms with Crippen molar-refractivity contribution in [2.24, 2.45) is 0 Å². The smallest absolute Gasteiger partial charge is 0.231 e. The predicted molar refractivity (Wildman–Crippen MR) is 156 cm³/mol. The molecule has 0 N–H and O–H groups in total. The van der Waals surface area contributed by atoms with Crippen LogP contribution in [-0.2, 0) is 5.72 Å². The molecule has 2 aliphatic heterocycles. The number of anilines is 2. The first-order chi connectivity index (χ1) is 19.2. The number of para-hydroxylation sites is 2. The SMILES string of the molecule is Cc1noc(/C=C/c2ccccc2)c1N1C=C(c2ccccc2)N2c3ccccc3OC2(c2ccccc2)C1. The van der Waals surface area contributed by atoms with Gasteiger partial charge in [0.05, 0.1) is 17.9 Å². The number of aryl methyl sites for hydroxylation is 1. The topological polar surface area (TPSA) is 41.7 Å². The quantitative estimate of drug-likeness (QED) is 0.243. The Kier molecular flexibility index (Phi) is 5.55. The molecule has 0 aliphatic carbocycles. The maximum Gasteiger partial charge on any atom is 0.231 e. The minimum atomic E-state index is -0.797. The lowest BCUT2D eigenvalue weighted by atomic mass is 9.95. The third kappa shape index (κ3) is 3.91. The summed E-state index contributed by atoms with van der Waals surface area (Å²) in [5, 5.41) is 4.37. The molecular weight excluding hydrogens is 482 g/mol. The van der Waals surface area contributed by atoms with Crippen molar-refractivity contribution in [2.45, 2.75) is 12.6 Å². The van der Waals surface area contributed by atoms with Gasteiger partial charge >= 0.3 is 0 Å². The Hall–Kier alpha value is -5.03. The summed E-state index contributed by atoms with van der Waals surface area (Å²) in [4.78, 5) is 4.57. The van der Waals surface area contributed by atoms with Crippen molar-refractivity contribution < 1.29 is 9.26 Å². The highest BCUT2D eigenvalue weighted by molar-refractivity contribution is 5.89. The van der Waals surface area contributed by atoms with E-state index in [4.69, 9.17) is 9.26 Å². The number of nitrogens with zero attached hydrogens (tertiary/aromatic N) is 3. The largest absolute Gasteiger partial charge is 0.459 e. The lowest BCUT2D eigenvalue weighted by Crippen LogP contribution is -2.56. The van der Waals surface area contributed by atoms with Crippen LogP contribution in [0.5, 0.6) is 5.75 Å². The molecule has 5 heteroatoms. The molecule has 0 radical (unpaired) electrons. The van der Waals surface area contributed by atoms with E-state index >= 15 is 0 Å². The standard InChI is InChI=1S/C34H27N3O2/c1-25-33(32(39-35-25)22-21-26-13-5-2-6-14-26)36-23-30(27-15-7-3-8-16-27)37-29-19-11-12-20-31(29)38-34(37,24-36)28-17-9-4-10-18-28/h2-23H,24H2,1H3/b22-21+. The van der Waals surface area contributed by atoms with E-state index in [1.165, 1.54) is 0 Å². The van der Waals surface area contributed by atoms with Gasteiger partial charge in [0.25, 0.3) is 0 Å². The fraction of sp³-hybridized carbons (Fsp3) is 0.0882. The number of hydrogen-bond donors (Lipinski definition) is 0. The predicted octanol–water partition coefficient (Wildman–Crippen LogP) is 7.72. The van der Waals surface area contributed by atoms with Crippen LogP contribution in [0.3, 0.4) is 0 Å². The number of hydrogen-bond acceptors (Lipinski definition) is 5. The van der Waals surface area contributed by atoms with Crippen molar-refractivity contribution in [3.8, 4) is 5.75 Å². The Morgan fingerprint density at radius 3 is 2.21 bits per heavy atom. The molecule has 0 amide bonds. The Morgan fingerprint density at radius 2 is 1.44 bits per heavy atom. The average Bonchev–Trinajstić information content (AvgIpc) is 3.55. The van der Waals surface area contributed by atoms with Gasteiger partial charge < -0.3 is 14.2 Å². The lowest BCUT2D eigenvalue weighted by Gasteiger charge is -2.46. The van der Waals surface area contributed by atoms with Crippen molar-refractivity contribution in [3.63, 3.8) is 0 Å². The first-order valence-corrected chi connectivity index (χ1v) is 13.1. The summed E-state index contributed by atoms with van der Waals surface area (Å²) in [6, 6.07) is 39.4. The Balaban J connectivity index is 1.43. The molecule has 39 heavy (non-hydrogen) atoms. The fourth-order valence-electron chi connectivity index (χ4n) is 5.57. The summed E-state index contributed by atoms with van der Waals surface area (Å²) in [6.07, 6.45) is 6.24. The van der Waals surface area contributed by atoms with E-state index in [1.54, 1.807) is 0 Å². The Bertz CT molecular complexity index is 1680. The molecule has 0 bridgehead atoms. The molecule has 1 atom stereocenters. The van der Waals surface area contributed by atoms with Crippen LogP contribution in [0, 0.1) is 6.92 Å². The first kappa shape index (κ1) is 23.1. The zero-order chi connectivity index (χ0) is 26.2. The second-order valence-corrected chi connectivity index (χ2v) is 9.79. The van der Waals surface area contributed by atoms with Gasteiger partial charge in [-0.1, -0.05) is 114 Å². The molecule has 5 nitrogen and oxygen atoms in total. The van der Waals surface area contributed by atoms with Gasteiger partial charge in [0.2, 0.25) is 5.72 Å². The van der Waals surface area contributed by atoms with Crippen molar-refractivity contribution in [1.29, 1.82) is 0 Å². The molecule has 2 aliphatic rings. The van der Waals surface area contributed by atoms with Crippen LogP contribution in [0.15, 0.2) is 126 Å². The highest BCUT2D eigenvalue weighted by Gasteiger charge is 2.53. The number of fused-ring (bicyclic) bond motifs is 3. The van der Waals surface area contributed by atoms with E-state index in [2.05, 4.69) is 100 Å².